The van der Waals surface area contributed by atoms with Crippen LogP contribution in [0.25, 0.3) is 0 Å². The normalized spacial score (nSPS) is 25.2. The van der Waals surface area contributed by atoms with Gasteiger partial charge in [-0.1, -0.05) is 32.1 Å². The lowest BCUT2D eigenvalue weighted by Crippen LogP contribution is -2.24. The molecule has 3 fully saturated rings. The number of likely N-dealkylation sites (tertiary alicyclic amines) is 2. The van der Waals surface area contributed by atoms with Gasteiger partial charge in [-0.05, 0) is 98.9 Å². The zero-order valence-corrected chi connectivity index (χ0v) is 16.4. The molecule has 0 amide bonds. The predicted octanol–water partition coefficient (Wildman–Crippen LogP) is 4.09. The van der Waals surface area contributed by atoms with Crippen molar-refractivity contribution in [3.8, 4) is 0 Å². The van der Waals surface area contributed by atoms with Crippen molar-refractivity contribution >= 4 is 0 Å². The van der Waals surface area contributed by atoms with Gasteiger partial charge in [0, 0.05) is 0 Å². The molecule has 0 aromatic heterocycles. The molecule has 0 aromatic rings. The summed E-state index contributed by atoms with van der Waals surface area (Å²) < 4.78 is 0. The fourth-order valence-electron chi connectivity index (χ4n) is 3.51. The molecule has 0 unspecified atom stereocenters. The Morgan fingerprint density at radius 2 is 0.478 bits per heavy atom. The maximum atomic E-state index is 2.46. The quantitative estimate of drug-likeness (QED) is 0.664. The summed E-state index contributed by atoms with van der Waals surface area (Å²) in [5.74, 6) is 0. The molecule has 0 saturated carbocycles. The van der Waals surface area contributed by atoms with E-state index < -0.39 is 0 Å². The topological polar surface area (TPSA) is 9.72 Å². The van der Waals surface area contributed by atoms with Crippen LogP contribution >= 0.6 is 0 Å². The minimum atomic E-state index is 1.32. The Labute approximate surface area is 146 Å². The first-order valence-corrected chi connectivity index (χ1v) is 10.2. The predicted molar refractivity (Wildman–Crippen MR) is 103 cm³/mol. The van der Waals surface area contributed by atoms with Gasteiger partial charge in [0.05, 0.1) is 0 Å². The highest BCUT2D eigenvalue weighted by molar-refractivity contribution is 4.59. The van der Waals surface area contributed by atoms with Crippen molar-refractivity contribution < 1.29 is 0 Å². The number of piperidine rings is 1. The number of rotatable bonds is 0. The third kappa shape index (κ3) is 12.9. The van der Waals surface area contributed by atoms with Gasteiger partial charge < -0.3 is 14.7 Å². The number of nitrogens with zero attached hydrogens (tertiary/aromatic N) is 3. The first-order chi connectivity index (χ1) is 11.2. The summed E-state index contributed by atoms with van der Waals surface area (Å²) in [5, 5.41) is 0. The van der Waals surface area contributed by atoms with Gasteiger partial charge in [-0.2, -0.15) is 0 Å². The standard InChI is InChI=1S/C9H19N.C6H13N.C5H11N/c1-10-8-6-4-2-3-5-7-9-10;1-7-5-3-2-4-6-7;1-6-4-2-3-5-6/h2-9H2,1H3;2-6H2,1H3;2-5H2,1H3. The van der Waals surface area contributed by atoms with Crippen molar-refractivity contribution in [1.29, 1.82) is 0 Å². The first-order valence-electron chi connectivity index (χ1n) is 10.2. The molecule has 3 heteroatoms. The molecule has 138 valence electrons. The van der Waals surface area contributed by atoms with E-state index in [2.05, 4.69) is 35.8 Å². The van der Waals surface area contributed by atoms with Crippen LogP contribution in [0.3, 0.4) is 0 Å². The summed E-state index contributed by atoms with van der Waals surface area (Å²) in [7, 11) is 6.61. The molecule has 3 heterocycles. The Morgan fingerprint density at radius 3 is 0.739 bits per heavy atom. The van der Waals surface area contributed by atoms with E-state index in [1.807, 2.05) is 0 Å². The second-order valence-electron chi connectivity index (χ2n) is 7.80. The van der Waals surface area contributed by atoms with Gasteiger partial charge in [-0.3, -0.25) is 0 Å². The van der Waals surface area contributed by atoms with E-state index in [4.69, 9.17) is 0 Å². The second kappa shape index (κ2) is 14.2. The first kappa shape index (κ1) is 20.9. The van der Waals surface area contributed by atoms with Crippen molar-refractivity contribution in [1.82, 2.24) is 14.7 Å². The minimum absolute atomic E-state index is 1.32. The highest BCUT2D eigenvalue weighted by atomic mass is 15.1. The molecular formula is C20H43N3. The highest BCUT2D eigenvalue weighted by Gasteiger charge is 2.03. The minimum Gasteiger partial charge on any atom is -0.306 e. The average Bonchev–Trinajstić information content (AvgIpc) is 3.06. The van der Waals surface area contributed by atoms with Crippen molar-refractivity contribution in [3.05, 3.63) is 0 Å². The fraction of sp³-hybridized carbons (Fsp3) is 1.00. The summed E-state index contributed by atoms with van der Waals surface area (Å²) in [5.41, 5.74) is 0. The molecule has 0 radical (unpaired) electrons. The molecule has 0 aliphatic carbocycles. The van der Waals surface area contributed by atoms with Crippen molar-refractivity contribution in [2.45, 2.75) is 70.6 Å². The molecular weight excluding hydrogens is 282 g/mol. The Kier molecular flexibility index (Phi) is 13.0. The van der Waals surface area contributed by atoms with Crippen LogP contribution in [0, 0.1) is 0 Å². The molecule has 3 nitrogen and oxygen atoms in total. The van der Waals surface area contributed by atoms with E-state index in [0.29, 0.717) is 0 Å². The molecule has 23 heavy (non-hydrogen) atoms. The van der Waals surface area contributed by atoms with Crippen LogP contribution in [0.1, 0.15) is 70.6 Å². The largest absolute Gasteiger partial charge is 0.306 e. The van der Waals surface area contributed by atoms with Gasteiger partial charge in [-0.25, -0.2) is 0 Å². The van der Waals surface area contributed by atoms with Crippen LogP contribution in [0.5, 0.6) is 0 Å². The molecule has 0 atom stereocenters. The maximum absolute atomic E-state index is 2.46. The summed E-state index contributed by atoms with van der Waals surface area (Å²) in [6, 6.07) is 0. The van der Waals surface area contributed by atoms with Gasteiger partial charge in [0.2, 0.25) is 0 Å². The summed E-state index contributed by atoms with van der Waals surface area (Å²) in [6.45, 7) is 7.92. The molecule has 0 N–H and O–H groups in total. The van der Waals surface area contributed by atoms with E-state index in [-0.39, 0.29) is 0 Å². The molecule has 0 aromatic carbocycles. The summed E-state index contributed by atoms with van der Waals surface area (Å²) >= 11 is 0. The van der Waals surface area contributed by atoms with Crippen molar-refractivity contribution in [3.63, 3.8) is 0 Å². The van der Waals surface area contributed by atoms with Gasteiger partial charge >= 0.3 is 0 Å². The molecule has 3 aliphatic heterocycles. The van der Waals surface area contributed by atoms with E-state index in [1.54, 1.807) is 0 Å². The zero-order chi connectivity index (χ0) is 16.8. The lowest BCUT2D eigenvalue weighted by molar-refractivity contribution is 0.277. The third-order valence-corrected chi connectivity index (χ3v) is 5.24. The van der Waals surface area contributed by atoms with Crippen LogP contribution in [0.4, 0.5) is 0 Å². The van der Waals surface area contributed by atoms with Crippen molar-refractivity contribution in [2.24, 2.45) is 0 Å². The van der Waals surface area contributed by atoms with Gasteiger partial charge in [0.1, 0.15) is 0 Å². The Morgan fingerprint density at radius 1 is 0.304 bits per heavy atom. The number of hydrogen-bond acceptors (Lipinski definition) is 3. The Bertz CT molecular complexity index is 235. The van der Waals surface area contributed by atoms with Crippen LogP contribution < -0.4 is 0 Å². The van der Waals surface area contributed by atoms with Gasteiger partial charge in [0.25, 0.3) is 0 Å². The fourth-order valence-corrected chi connectivity index (χ4v) is 3.51. The zero-order valence-electron chi connectivity index (χ0n) is 16.4. The van der Waals surface area contributed by atoms with E-state index in [0.717, 1.165) is 0 Å². The van der Waals surface area contributed by atoms with E-state index in [1.165, 1.54) is 110 Å². The summed E-state index contributed by atoms with van der Waals surface area (Å²) in [4.78, 5) is 7.22. The van der Waals surface area contributed by atoms with Gasteiger partial charge in [-0.15, -0.1) is 0 Å². The maximum Gasteiger partial charge on any atom is -0.00213 e. The lowest BCUT2D eigenvalue weighted by atomic mass is 10.1. The third-order valence-electron chi connectivity index (χ3n) is 5.24. The van der Waals surface area contributed by atoms with Crippen LogP contribution in [-0.4, -0.2) is 75.1 Å². The number of hydrogen-bond donors (Lipinski definition) is 0. The molecule has 3 aliphatic rings. The van der Waals surface area contributed by atoms with E-state index in [9.17, 15) is 0 Å². The smallest absolute Gasteiger partial charge is 0.00213 e. The van der Waals surface area contributed by atoms with Crippen LogP contribution in [0.2, 0.25) is 0 Å². The Hall–Kier alpha value is -0.120. The molecule has 3 rings (SSSR count). The average molecular weight is 326 g/mol. The Balaban J connectivity index is 0.000000179. The van der Waals surface area contributed by atoms with Crippen LogP contribution in [0.15, 0.2) is 0 Å². The second-order valence-corrected chi connectivity index (χ2v) is 7.80. The highest BCUT2D eigenvalue weighted by Crippen LogP contribution is 2.09. The molecule has 3 saturated heterocycles. The molecule has 0 bridgehead atoms. The molecule has 0 spiro atoms. The van der Waals surface area contributed by atoms with Gasteiger partial charge in [0.15, 0.2) is 0 Å². The lowest BCUT2D eigenvalue weighted by Gasteiger charge is -2.20. The van der Waals surface area contributed by atoms with Crippen LogP contribution in [-0.2, 0) is 0 Å². The van der Waals surface area contributed by atoms with Crippen molar-refractivity contribution in [2.75, 3.05) is 60.4 Å². The summed E-state index contributed by atoms with van der Waals surface area (Å²) in [6.07, 6.45) is 15.8. The monoisotopic (exact) mass is 325 g/mol. The SMILES string of the molecule is CN1CCCC1.CN1CCCCC1.CN1CCCCCCCC1. The van der Waals surface area contributed by atoms with E-state index >= 15 is 0 Å².